The highest BCUT2D eigenvalue weighted by atomic mass is 19.4. The number of ether oxygens (including phenoxy) is 2. The molecule has 204 valence electrons. The molecule has 6 nitrogen and oxygen atoms in total. The summed E-state index contributed by atoms with van der Waals surface area (Å²) in [6.07, 6.45) is 1.26. The van der Waals surface area contributed by atoms with Crippen LogP contribution in [0.1, 0.15) is 38.7 Å². The van der Waals surface area contributed by atoms with Gasteiger partial charge in [-0.3, -0.25) is 14.8 Å². The number of morpholine rings is 1. The quantitative estimate of drug-likeness (QED) is 0.362. The third kappa shape index (κ3) is 11.8. The second kappa shape index (κ2) is 15.9. The topological polar surface area (TPSA) is 40.5 Å². The molecule has 2 fully saturated rings. The van der Waals surface area contributed by atoms with Gasteiger partial charge in [-0.2, -0.15) is 0 Å². The predicted molar refractivity (Wildman–Crippen MR) is 140 cm³/mol. The molecule has 1 aromatic carbocycles. The summed E-state index contributed by atoms with van der Waals surface area (Å²) in [5.41, 5.74) is 2.41. The number of piperazine rings is 1. The van der Waals surface area contributed by atoms with E-state index in [2.05, 4.69) is 44.4 Å². The van der Waals surface area contributed by atoms with Gasteiger partial charge in [-0.15, -0.1) is 13.2 Å². The minimum absolute atomic E-state index is 0.187. The highest BCUT2D eigenvalue weighted by Crippen LogP contribution is 2.22. The SMILES string of the molecule is CCC/C(=C/C(=NC)N1CCN(CCN2CCOCC2)CC1)CC.Cc1ccc(OC(F)(F)F)cc1. The van der Waals surface area contributed by atoms with Crippen molar-refractivity contribution >= 4 is 5.84 Å². The first-order valence-corrected chi connectivity index (χ1v) is 13.0. The Balaban J connectivity index is 0.000000319. The van der Waals surface area contributed by atoms with E-state index in [4.69, 9.17) is 4.74 Å². The number of aliphatic imine (C=N–C) groups is 1. The predicted octanol–water partition coefficient (Wildman–Crippen LogP) is 4.99. The number of aryl methyl sites for hydroxylation is 1. The molecule has 0 amide bonds. The number of allylic oxidation sites excluding steroid dienone is 1. The third-order valence-corrected chi connectivity index (χ3v) is 6.37. The largest absolute Gasteiger partial charge is 0.573 e. The van der Waals surface area contributed by atoms with Crippen LogP contribution in [0, 0.1) is 6.92 Å². The maximum Gasteiger partial charge on any atom is 0.573 e. The van der Waals surface area contributed by atoms with Gasteiger partial charge in [0.05, 0.1) is 13.2 Å². The summed E-state index contributed by atoms with van der Waals surface area (Å²) in [6, 6.07) is 5.67. The standard InChI is InChI=1S/C19H36N4O.C8H7F3O/c1-4-6-18(5-2)17-19(20-3)23-11-9-21(10-12-23)7-8-22-13-15-24-16-14-22;1-6-2-4-7(5-3-6)12-8(9,10)11/h17H,4-16H2,1-3H3;2-5H,1H3/b18-17+,20-19?;. The summed E-state index contributed by atoms with van der Waals surface area (Å²) >= 11 is 0. The Kier molecular flexibility index (Phi) is 13.3. The number of hydrogen-bond acceptors (Lipinski definition) is 5. The van der Waals surface area contributed by atoms with Crippen molar-refractivity contribution in [2.75, 3.05) is 72.6 Å². The van der Waals surface area contributed by atoms with Crippen molar-refractivity contribution < 1.29 is 22.6 Å². The smallest absolute Gasteiger partial charge is 0.406 e. The summed E-state index contributed by atoms with van der Waals surface area (Å²) in [5.74, 6) is 0.987. The van der Waals surface area contributed by atoms with E-state index < -0.39 is 6.36 Å². The van der Waals surface area contributed by atoms with Gasteiger partial charge in [-0.1, -0.05) is 43.5 Å². The number of hydrogen-bond donors (Lipinski definition) is 0. The van der Waals surface area contributed by atoms with Gasteiger partial charge in [-0.25, -0.2) is 0 Å². The Morgan fingerprint density at radius 1 is 0.972 bits per heavy atom. The summed E-state index contributed by atoms with van der Waals surface area (Å²) in [6.45, 7) is 17.1. The van der Waals surface area contributed by atoms with E-state index in [9.17, 15) is 13.2 Å². The maximum atomic E-state index is 11.6. The Labute approximate surface area is 214 Å². The van der Waals surface area contributed by atoms with Gasteiger partial charge in [0, 0.05) is 59.4 Å². The molecule has 0 N–H and O–H groups in total. The first-order valence-electron chi connectivity index (χ1n) is 13.0. The number of rotatable bonds is 8. The summed E-state index contributed by atoms with van der Waals surface area (Å²) in [7, 11) is 1.93. The van der Waals surface area contributed by atoms with Crippen molar-refractivity contribution in [3.8, 4) is 5.75 Å². The lowest BCUT2D eigenvalue weighted by Gasteiger charge is -2.37. The molecule has 0 radical (unpaired) electrons. The first-order chi connectivity index (χ1) is 17.2. The van der Waals surface area contributed by atoms with Crippen molar-refractivity contribution in [3.63, 3.8) is 0 Å². The van der Waals surface area contributed by atoms with Crippen molar-refractivity contribution in [2.24, 2.45) is 4.99 Å². The number of nitrogens with zero attached hydrogens (tertiary/aromatic N) is 4. The van der Waals surface area contributed by atoms with E-state index in [1.807, 2.05) is 7.05 Å². The van der Waals surface area contributed by atoms with Crippen LogP contribution in [0.3, 0.4) is 0 Å². The molecule has 2 aliphatic rings. The fraction of sp³-hybridized carbons (Fsp3) is 0.667. The summed E-state index contributed by atoms with van der Waals surface area (Å²) < 4.78 is 43.9. The Bertz CT molecular complexity index is 798. The van der Waals surface area contributed by atoms with Crippen LogP contribution in [0.2, 0.25) is 0 Å². The van der Waals surface area contributed by atoms with Crippen LogP contribution in [0.5, 0.6) is 5.75 Å². The van der Waals surface area contributed by atoms with Crippen LogP contribution in [0.4, 0.5) is 13.2 Å². The molecule has 0 spiro atoms. The van der Waals surface area contributed by atoms with Gasteiger partial charge in [0.15, 0.2) is 0 Å². The molecule has 2 saturated heterocycles. The monoisotopic (exact) mass is 512 g/mol. The molecule has 0 bridgehead atoms. The van der Waals surface area contributed by atoms with Crippen LogP contribution in [0.25, 0.3) is 0 Å². The van der Waals surface area contributed by atoms with Crippen molar-refractivity contribution in [1.82, 2.24) is 14.7 Å². The minimum atomic E-state index is -4.60. The molecule has 0 aliphatic carbocycles. The van der Waals surface area contributed by atoms with E-state index >= 15 is 0 Å². The molecule has 2 heterocycles. The van der Waals surface area contributed by atoms with Gasteiger partial charge in [-0.05, 0) is 38.0 Å². The number of amidine groups is 1. The second-order valence-corrected chi connectivity index (χ2v) is 9.13. The zero-order valence-corrected chi connectivity index (χ0v) is 22.3. The van der Waals surface area contributed by atoms with Crippen molar-refractivity contribution in [1.29, 1.82) is 0 Å². The molecule has 1 aromatic rings. The van der Waals surface area contributed by atoms with Crippen LogP contribution in [-0.2, 0) is 4.74 Å². The van der Waals surface area contributed by atoms with Gasteiger partial charge >= 0.3 is 6.36 Å². The van der Waals surface area contributed by atoms with E-state index in [-0.39, 0.29) is 5.75 Å². The van der Waals surface area contributed by atoms with Crippen molar-refractivity contribution in [2.45, 2.75) is 46.4 Å². The number of alkyl halides is 3. The first kappa shape index (κ1) is 30.1. The van der Waals surface area contributed by atoms with E-state index in [0.717, 1.165) is 64.5 Å². The number of benzene rings is 1. The Hall–Kier alpha value is -2.10. The van der Waals surface area contributed by atoms with Gasteiger partial charge in [0.1, 0.15) is 11.6 Å². The van der Waals surface area contributed by atoms with Crippen LogP contribution >= 0.6 is 0 Å². The fourth-order valence-electron chi connectivity index (χ4n) is 4.20. The van der Waals surface area contributed by atoms with Crippen LogP contribution in [-0.4, -0.2) is 99.5 Å². The van der Waals surface area contributed by atoms with Gasteiger partial charge in [0.2, 0.25) is 0 Å². The van der Waals surface area contributed by atoms with Crippen LogP contribution < -0.4 is 4.74 Å². The zero-order chi connectivity index (χ0) is 26.4. The molecular weight excluding hydrogens is 469 g/mol. The average molecular weight is 513 g/mol. The Morgan fingerprint density at radius 3 is 2.06 bits per heavy atom. The fourth-order valence-corrected chi connectivity index (χ4v) is 4.20. The molecule has 2 aliphatic heterocycles. The van der Waals surface area contributed by atoms with Crippen LogP contribution in [0.15, 0.2) is 40.9 Å². The Morgan fingerprint density at radius 2 is 1.56 bits per heavy atom. The summed E-state index contributed by atoms with van der Waals surface area (Å²) in [5, 5.41) is 0. The zero-order valence-electron chi connectivity index (χ0n) is 22.3. The highest BCUT2D eigenvalue weighted by Gasteiger charge is 2.30. The maximum absolute atomic E-state index is 11.6. The molecule has 36 heavy (non-hydrogen) atoms. The highest BCUT2D eigenvalue weighted by molar-refractivity contribution is 5.93. The normalized spacial score (nSPS) is 18.6. The average Bonchev–Trinajstić information content (AvgIpc) is 2.87. The molecule has 9 heteroatoms. The van der Waals surface area contributed by atoms with E-state index in [1.165, 1.54) is 49.5 Å². The van der Waals surface area contributed by atoms with E-state index in [1.54, 1.807) is 19.1 Å². The molecule has 0 saturated carbocycles. The molecular formula is C27H43F3N4O2. The minimum Gasteiger partial charge on any atom is -0.406 e. The summed E-state index contributed by atoms with van der Waals surface area (Å²) in [4.78, 5) is 12.1. The van der Waals surface area contributed by atoms with Gasteiger partial charge < -0.3 is 14.4 Å². The molecule has 0 atom stereocenters. The van der Waals surface area contributed by atoms with Crippen molar-refractivity contribution in [3.05, 3.63) is 41.5 Å². The second-order valence-electron chi connectivity index (χ2n) is 9.13. The lowest BCUT2D eigenvalue weighted by atomic mass is 10.1. The molecule has 3 rings (SSSR count). The third-order valence-electron chi connectivity index (χ3n) is 6.37. The van der Waals surface area contributed by atoms with E-state index in [0.29, 0.717) is 0 Å². The molecule has 0 unspecified atom stereocenters. The lowest BCUT2D eigenvalue weighted by Crippen LogP contribution is -2.50. The number of halogens is 3. The van der Waals surface area contributed by atoms with Gasteiger partial charge in [0.25, 0.3) is 0 Å². The lowest BCUT2D eigenvalue weighted by molar-refractivity contribution is -0.274. The molecule has 0 aromatic heterocycles.